The van der Waals surface area contributed by atoms with E-state index >= 15 is 0 Å². The number of carbonyl (C=O) groups is 1. The summed E-state index contributed by atoms with van der Waals surface area (Å²) in [7, 11) is 0. The van der Waals surface area contributed by atoms with E-state index in [4.69, 9.17) is 0 Å². The number of hydrogen-bond acceptors (Lipinski definition) is 3. The Hall–Kier alpha value is -2.17. The Morgan fingerprint density at radius 2 is 2.26 bits per heavy atom. The monoisotopic (exact) mass is 256 g/mol. The average molecular weight is 256 g/mol. The molecule has 5 heteroatoms. The predicted molar refractivity (Wildman–Crippen MR) is 70.7 cm³/mol. The summed E-state index contributed by atoms with van der Waals surface area (Å²) < 4.78 is 0. The van der Waals surface area contributed by atoms with Crippen molar-refractivity contribution in [3.05, 3.63) is 47.0 Å². The van der Waals surface area contributed by atoms with Gasteiger partial charge in [0.05, 0.1) is 5.69 Å². The molecular weight excluding hydrogens is 240 g/mol. The average Bonchev–Trinajstić information content (AvgIpc) is 2.93. The lowest BCUT2D eigenvalue weighted by Gasteiger charge is -2.24. The molecule has 0 saturated carbocycles. The molecule has 98 valence electrons. The van der Waals surface area contributed by atoms with E-state index in [1.807, 2.05) is 30.0 Å². The second-order valence-corrected chi connectivity index (χ2v) is 4.77. The molecule has 3 rings (SSSR count). The number of pyridine rings is 1. The van der Waals surface area contributed by atoms with Gasteiger partial charge >= 0.3 is 0 Å². The minimum Gasteiger partial charge on any atom is -0.324 e. The fourth-order valence-electron chi connectivity index (χ4n) is 2.66. The van der Waals surface area contributed by atoms with Crippen molar-refractivity contribution in [3.63, 3.8) is 0 Å². The zero-order valence-corrected chi connectivity index (χ0v) is 11.1. The van der Waals surface area contributed by atoms with Crippen molar-refractivity contribution in [2.75, 3.05) is 6.54 Å². The molecule has 1 unspecified atom stereocenters. The van der Waals surface area contributed by atoms with E-state index in [-0.39, 0.29) is 11.9 Å². The Balaban J connectivity index is 2.13. The van der Waals surface area contributed by atoms with Crippen LogP contribution in [0.1, 0.15) is 46.8 Å². The number of hydrogen-bond donors (Lipinski definition) is 1. The number of aromatic nitrogens is 3. The van der Waals surface area contributed by atoms with Crippen LogP contribution in [0.4, 0.5) is 0 Å². The van der Waals surface area contributed by atoms with E-state index in [0.29, 0.717) is 5.69 Å². The van der Waals surface area contributed by atoms with Crippen LogP contribution < -0.4 is 0 Å². The van der Waals surface area contributed by atoms with Crippen LogP contribution in [-0.4, -0.2) is 32.5 Å². The van der Waals surface area contributed by atoms with Crippen LogP contribution in [0, 0.1) is 6.92 Å². The topological polar surface area (TPSA) is 61.9 Å². The lowest BCUT2D eigenvalue weighted by molar-refractivity contribution is 0.0741. The summed E-state index contributed by atoms with van der Waals surface area (Å²) in [5.74, 6) is -0.00291. The van der Waals surface area contributed by atoms with Gasteiger partial charge in [-0.3, -0.25) is 14.9 Å². The molecule has 1 aliphatic rings. The Bertz CT molecular complexity index is 605. The normalized spacial score (nSPS) is 17.9. The highest BCUT2D eigenvalue weighted by atomic mass is 16.2. The minimum atomic E-state index is -0.109. The summed E-state index contributed by atoms with van der Waals surface area (Å²) in [6, 6.07) is 5.68. The number of aryl methyl sites for hydroxylation is 1. The van der Waals surface area contributed by atoms with E-state index in [2.05, 4.69) is 22.1 Å². The molecule has 1 amide bonds. The first-order chi connectivity index (χ1) is 9.24. The fraction of sp³-hybridized carbons (Fsp3) is 0.357. The molecule has 2 aromatic heterocycles. The van der Waals surface area contributed by atoms with Gasteiger partial charge in [0.2, 0.25) is 0 Å². The number of aromatic amines is 1. The second kappa shape index (κ2) is 4.50. The predicted octanol–water partition coefficient (Wildman–Crippen LogP) is 2.07. The first-order valence-corrected chi connectivity index (χ1v) is 6.50. The van der Waals surface area contributed by atoms with Gasteiger partial charge in [-0.05, 0) is 25.5 Å². The van der Waals surface area contributed by atoms with Crippen molar-refractivity contribution in [2.45, 2.75) is 26.3 Å². The standard InChI is InChI=1S/C14H16N4O/c1-3-8-18-13(10-6-4-5-7-15-10)11-9(2)16-17-12(11)14(18)19/h4-7,13H,3,8H2,1-2H3,(H,16,17). The maximum atomic E-state index is 12.4. The highest BCUT2D eigenvalue weighted by molar-refractivity contribution is 5.98. The number of nitrogens with zero attached hydrogens (tertiary/aromatic N) is 3. The third-order valence-corrected chi connectivity index (χ3v) is 3.48. The number of amides is 1. The van der Waals surface area contributed by atoms with E-state index in [1.165, 1.54) is 0 Å². The van der Waals surface area contributed by atoms with Gasteiger partial charge in [-0.2, -0.15) is 5.10 Å². The molecule has 0 saturated heterocycles. The first-order valence-electron chi connectivity index (χ1n) is 6.50. The van der Waals surface area contributed by atoms with Crippen LogP contribution in [0.5, 0.6) is 0 Å². The third kappa shape index (κ3) is 1.73. The summed E-state index contributed by atoms with van der Waals surface area (Å²) in [5, 5.41) is 7.05. The lowest BCUT2D eigenvalue weighted by Crippen LogP contribution is -2.30. The molecule has 0 aromatic carbocycles. The molecular formula is C14H16N4O. The molecule has 1 aliphatic heterocycles. The van der Waals surface area contributed by atoms with Crippen LogP contribution in [0.25, 0.3) is 0 Å². The Labute approximate surface area is 111 Å². The molecule has 0 aliphatic carbocycles. The fourth-order valence-corrected chi connectivity index (χ4v) is 2.66. The third-order valence-electron chi connectivity index (χ3n) is 3.48. The van der Waals surface area contributed by atoms with Gasteiger partial charge in [0.1, 0.15) is 6.04 Å². The molecule has 1 atom stereocenters. The SMILES string of the molecule is CCCN1C(=O)c2n[nH]c(C)c2C1c1ccccn1. The van der Waals surface area contributed by atoms with Crippen LogP contribution in [0.3, 0.4) is 0 Å². The van der Waals surface area contributed by atoms with Gasteiger partial charge in [0, 0.05) is 24.0 Å². The minimum absolute atomic E-state index is 0.00291. The van der Waals surface area contributed by atoms with Crippen LogP contribution in [0.15, 0.2) is 24.4 Å². The molecule has 0 fully saturated rings. The molecule has 1 N–H and O–H groups in total. The first kappa shape index (κ1) is 11.9. The molecule has 0 radical (unpaired) electrons. The van der Waals surface area contributed by atoms with E-state index < -0.39 is 0 Å². The van der Waals surface area contributed by atoms with E-state index in [1.54, 1.807) is 6.20 Å². The second-order valence-electron chi connectivity index (χ2n) is 4.77. The molecule has 2 aromatic rings. The summed E-state index contributed by atoms with van der Waals surface area (Å²) in [6.07, 6.45) is 2.68. The van der Waals surface area contributed by atoms with Gasteiger partial charge < -0.3 is 4.90 Å². The number of fused-ring (bicyclic) bond motifs is 1. The van der Waals surface area contributed by atoms with E-state index in [9.17, 15) is 4.79 Å². The van der Waals surface area contributed by atoms with Crippen molar-refractivity contribution >= 4 is 5.91 Å². The smallest absolute Gasteiger partial charge is 0.275 e. The molecule has 5 nitrogen and oxygen atoms in total. The molecule has 0 bridgehead atoms. The van der Waals surface area contributed by atoms with Crippen molar-refractivity contribution in [2.24, 2.45) is 0 Å². The Kier molecular flexibility index (Phi) is 2.81. The Morgan fingerprint density at radius 1 is 1.42 bits per heavy atom. The highest BCUT2D eigenvalue weighted by Gasteiger charge is 2.41. The highest BCUT2D eigenvalue weighted by Crippen LogP contribution is 2.38. The maximum absolute atomic E-state index is 12.4. The van der Waals surface area contributed by atoms with Gasteiger partial charge in [-0.1, -0.05) is 13.0 Å². The summed E-state index contributed by atoms with van der Waals surface area (Å²) in [6.45, 7) is 4.73. The largest absolute Gasteiger partial charge is 0.324 e. The zero-order chi connectivity index (χ0) is 13.4. The van der Waals surface area contributed by atoms with Crippen LogP contribution in [0.2, 0.25) is 0 Å². The molecule has 19 heavy (non-hydrogen) atoms. The van der Waals surface area contributed by atoms with Crippen molar-refractivity contribution in [1.29, 1.82) is 0 Å². The van der Waals surface area contributed by atoms with Gasteiger partial charge in [0.25, 0.3) is 5.91 Å². The van der Waals surface area contributed by atoms with E-state index in [0.717, 1.165) is 29.9 Å². The van der Waals surface area contributed by atoms with Crippen molar-refractivity contribution < 1.29 is 4.79 Å². The Morgan fingerprint density at radius 3 is 2.95 bits per heavy atom. The number of carbonyl (C=O) groups excluding carboxylic acids is 1. The van der Waals surface area contributed by atoms with Crippen LogP contribution in [-0.2, 0) is 0 Å². The summed E-state index contributed by atoms with van der Waals surface area (Å²) in [5.41, 5.74) is 3.35. The lowest BCUT2D eigenvalue weighted by atomic mass is 10.0. The number of nitrogens with one attached hydrogen (secondary N) is 1. The van der Waals surface area contributed by atoms with Crippen molar-refractivity contribution in [1.82, 2.24) is 20.1 Å². The van der Waals surface area contributed by atoms with Gasteiger partial charge in [-0.25, -0.2) is 0 Å². The van der Waals surface area contributed by atoms with Gasteiger partial charge in [-0.15, -0.1) is 0 Å². The molecule has 0 spiro atoms. The van der Waals surface area contributed by atoms with Gasteiger partial charge in [0.15, 0.2) is 5.69 Å². The molecule has 3 heterocycles. The maximum Gasteiger partial charge on any atom is 0.275 e. The number of rotatable bonds is 3. The summed E-state index contributed by atoms with van der Waals surface area (Å²) >= 11 is 0. The number of H-pyrrole nitrogens is 1. The quantitative estimate of drug-likeness (QED) is 0.914. The zero-order valence-electron chi connectivity index (χ0n) is 11.1. The van der Waals surface area contributed by atoms with Crippen LogP contribution >= 0.6 is 0 Å². The summed E-state index contributed by atoms with van der Waals surface area (Å²) in [4.78, 5) is 18.7. The van der Waals surface area contributed by atoms with Crippen molar-refractivity contribution in [3.8, 4) is 0 Å².